The number of aryl methyl sites for hydroxylation is 1. The molecule has 24 heavy (non-hydrogen) atoms. The maximum absolute atomic E-state index is 12.4. The van der Waals surface area contributed by atoms with Gasteiger partial charge in [-0.05, 0) is 19.1 Å². The first-order chi connectivity index (χ1) is 11.4. The van der Waals surface area contributed by atoms with E-state index in [1.54, 1.807) is 10.3 Å². The Kier molecular flexibility index (Phi) is 4.44. The Morgan fingerprint density at radius 3 is 2.62 bits per heavy atom. The van der Waals surface area contributed by atoms with Crippen molar-refractivity contribution < 1.29 is 14.4 Å². The number of nitrogens with one attached hydrogen (secondary N) is 1. The molecule has 1 aromatic carbocycles. The molecule has 3 rings (SSSR count). The fourth-order valence-corrected chi connectivity index (χ4v) is 3.31. The lowest BCUT2D eigenvalue weighted by atomic mass is 10.1. The normalized spacial score (nSPS) is 17.2. The van der Waals surface area contributed by atoms with Crippen LogP contribution in [0.15, 0.2) is 29.6 Å². The van der Waals surface area contributed by atoms with E-state index >= 15 is 0 Å². The van der Waals surface area contributed by atoms with Crippen LogP contribution in [0.5, 0.6) is 0 Å². The number of carbonyl (C=O) groups excluding carboxylic acids is 3. The molecule has 0 spiro atoms. The molecule has 2 amide bonds. The van der Waals surface area contributed by atoms with Crippen molar-refractivity contribution in [3.8, 4) is 0 Å². The number of benzene rings is 1. The Labute approximate surface area is 143 Å². The van der Waals surface area contributed by atoms with Crippen molar-refractivity contribution >= 4 is 39.8 Å². The van der Waals surface area contributed by atoms with Gasteiger partial charge in [-0.25, -0.2) is 4.98 Å². The summed E-state index contributed by atoms with van der Waals surface area (Å²) in [5.41, 5.74) is 2.25. The van der Waals surface area contributed by atoms with E-state index in [0.29, 0.717) is 17.4 Å². The van der Waals surface area contributed by atoms with Crippen LogP contribution in [0.3, 0.4) is 0 Å². The van der Waals surface area contributed by atoms with Gasteiger partial charge in [-0.3, -0.25) is 14.4 Å². The summed E-state index contributed by atoms with van der Waals surface area (Å²) in [5.74, 6) is -0.887. The number of nitrogens with zero attached hydrogens (tertiary/aromatic N) is 2. The number of hydrogen-bond donors (Lipinski definition) is 1. The fourth-order valence-electron chi connectivity index (χ4n) is 2.56. The minimum atomic E-state index is -0.427. The van der Waals surface area contributed by atoms with Gasteiger partial charge in [0.05, 0.1) is 5.92 Å². The van der Waals surface area contributed by atoms with Gasteiger partial charge in [0, 0.05) is 31.0 Å². The van der Waals surface area contributed by atoms with E-state index in [4.69, 9.17) is 0 Å². The Morgan fingerprint density at radius 1 is 1.29 bits per heavy atom. The van der Waals surface area contributed by atoms with Crippen molar-refractivity contribution in [1.29, 1.82) is 0 Å². The Balaban J connectivity index is 1.67. The predicted molar refractivity (Wildman–Crippen MR) is 92.4 cm³/mol. The van der Waals surface area contributed by atoms with Gasteiger partial charge < -0.3 is 10.2 Å². The number of amides is 2. The largest absolute Gasteiger partial charge is 0.312 e. The number of hydrogen-bond acceptors (Lipinski definition) is 5. The van der Waals surface area contributed by atoms with Crippen molar-refractivity contribution in [2.24, 2.45) is 5.92 Å². The molecule has 6 nitrogen and oxygen atoms in total. The smallest absolute Gasteiger partial charge is 0.231 e. The number of thiazole rings is 1. The van der Waals surface area contributed by atoms with Crippen LogP contribution in [0.4, 0.5) is 10.8 Å². The van der Waals surface area contributed by atoms with Crippen molar-refractivity contribution in [3.63, 3.8) is 0 Å². The van der Waals surface area contributed by atoms with Crippen molar-refractivity contribution in [2.75, 3.05) is 16.8 Å². The molecule has 1 aliphatic rings. The van der Waals surface area contributed by atoms with E-state index in [1.807, 2.05) is 31.2 Å². The lowest BCUT2D eigenvalue weighted by molar-refractivity contribution is -0.122. The molecular formula is C17H17N3O3S. The van der Waals surface area contributed by atoms with E-state index in [-0.39, 0.29) is 24.0 Å². The number of ketones is 1. The van der Waals surface area contributed by atoms with Gasteiger partial charge in [0.25, 0.3) is 0 Å². The number of rotatable bonds is 4. The fraction of sp³-hybridized carbons (Fsp3) is 0.294. The van der Waals surface area contributed by atoms with Gasteiger partial charge in [-0.2, -0.15) is 0 Å². The van der Waals surface area contributed by atoms with Crippen LogP contribution >= 0.6 is 11.3 Å². The monoisotopic (exact) mass is 343 g/mol. The number of Topliss-reactive ketones (excluding diaryl/α,β-unsaturated/α-hetero) is 1. The maximum atomic E-state index is 12.4. The van der Waals surface area contributed by atoms with Gasteiger partial charge in [-0.1, -0.05) is 17.7 Å². The summed E-state index contributed by atoms with van der Waals surface area (Å²) >= 11 is 1.20. The van der Waals surface area contributed by atoms with Gasteiger partial charge in [0.1, 0.15) is 5.69 Å². The molecule has 1 aliphatic heterocycles. The first kappa shape index (κ1) is 16.3. The zero-order valence-electron chi connectivity index (χ0n) is 13.4. The quantitative estimate of drug-likeness (QED) is 0.866. The molecule has 2 heterocycles. The number of aromatic nitrogens is 1. The van der Waals surface area contributed by atoms with Crippen molar-refractivity contribution in [2.45, 2.75) is 20.3 Å². The molecule has 1 saturated heterocycles. The lowest BCUT2D eigenvalue weighted by Gasteiger charge is -2.16. The Hall–Kier alpha value is -2.54. The summed E-state index contributed by atoms with van der Waals surface area (Å²) in [6.07, 6.45) is 0.171. The second-order valence-electron chi connectivity index (χ2n) is 5.82. The average Bonchev–Trinajstić information content (AvgIpc) is 3.15. The zero-order valence-corrected chi connectivity index (χ0v) is 14.2. The second-order valence-corrected chi connectivity index (χ2v) is 6.68. The highest BCUT2D eigenvalue weighted by atomic mass is 32.1. The van der Waals surface area contributed by atoms with Crippen LogP contribution in [0.2, 0.25) is 0 Å². The molecule has 124 valence electrons. The molecule has 0 saturated carbocycles. The summed E-state index contributed by atoms with van der Waals surface area (Å²) in [7, 11) is 0. The molecule has 1 fully saturated rings. The minimum Gasteiger partial charge on any atom is -0.312 e. The molecule has 0 aliphatic carbocycles. The van der Waals surface area contributed by atoms with Crippen LogP contribution in [0.25, 0.3) is 0 Å². The highest BCUT2D eigenvalue weighted by molar-refractivity contribution is 7.14. The first-order valence-corrected chi connectivity index (χ1v) is 8.46. The molecule has 0 unspecified atom stereocenters. The maximum Gasteiger partial charge on any atom is 0.231 e. The van der Waals surface area contributed by atoms with Gasteiger partial charge in [-0.15, -0.1) is 11.3 Å². The molecule has 2 aromatic rings. The summed E-state index contributed by atoms with van der Waals surface area (Å²) in [5, 5.41) is 4.69. The molecular weight excluding hydrogens is 326 g/mol. The zero-order chi connectivity index (χ0) is 17.3. The average molecular weight is 343 g/mol. The van der Waals surface area contributed by atoms with Gasteiger partial charge in [0.2, 0.25) is 11.8 Å². The van der Waals surface area contributed by atoms with E-state index < -0.39 is 5.92 Å². The molecule has 0 bridgehead atoms. The Morgan fingerprint density at radius 2 is 2.00 bits per heavy atom. The van der Waals surface area contributed by atoms with Crippen LogP contribution in [-0.4, -0.2) is 29.1 Å². The van der Waals surface area contributed by atoms with Crippen molar-refractivity contribution in [3.05, 3.63) is 40.9 Å². The first-order valence-electron chi connectivity index (χ1n) is 7.58. The number of carbonyl (C=O) groups is 3. The van der Waals surface area contributed by atoms with Gasteiger partial charge >= 0.3 is 0 Å². The van der Waals surface area contributed by atoms with Crippen LogP contribution in [0, 0.1) is 12.8 Å². The lowest BCUT2D eigenvalue weighted by Crippen LogP contribution is -2.28. The van der Waals surface area contributed by atoms with Crippen molar-refractivity contribution in [1.82, 2.24) is 4.98 Å². The third-order valence-corrected chi connectivity index (χ3v) is 4.69. The molecule has 1 N–H and O–H groups in total. The summed E-state index contributed by atoms with van der Waals surface area (Å²) in [6.45, 7) is 3.75. The van der Waals surface area contributed by atoms with Crippen LogP contribution < -0.4 is 10.2 Å². The summed E-state index contributed by atoms with van der Waals surface area (Å²) < 4.78 is 0. The highest BCUT2D eigenvalue weighted by Crippen LogP contribution is 2.26. The third-order valence-electron chi connectivity index (χ3n) is 3.94. The number of anilines is 2. The molecule has 7 heteroatoms. The summed E-state index contributed by atoms with van der Waals surface area (Å²) in [4.78, 5) is 41.5. The van der Waals surface area contributed by atoms with E-state index in [1.165, 1.54) is 18.3 Å². The Bertz CT molecular complexity index is 798. The molecule has 0 radical (unpaired) electrons. The van der Waals surface area contributed by atoms with E-state index in [9.17, 15) is 14.4 Å². The van der Waals surface area contributed by atoms with Gasteiger partial charge in [0.15, 0.2) is 10.9 Å². The second kappa shape index (κ2) is 6.52. The molecule has 1 atom stereocenters. The van der Waals surface area contributed by atoms with Crippen LogP contribution in [0.1, 0.15) is 29.4 Å². The SMILES string of the molecule is CC(=O)c1csc(NC(=O)[C@H]2CC(=O)N(c3ccc(C)cc3)C2)n1. The minimum absolute atomic E-state index is 0.0671. The predicted octanol–water partition coefficient (Wildman–Crippen LogP) is 2.65. The van der Waals surface area contributed by atoms with E-state index in [2.05, 4.69) is 10.3 Å². The summed E-state index contributed by atoms with van der Waals surface area (Å²) in [6, 6.07) is 7.64. The standard InChI is InChI=1S/C17H17N3O3S/c1-10-3-5-13(6-4-10)20-8-12(7-15(20)22)16(23)19-17-18-14(9-24-17)11(2)21/h3-6,9,12H,7-8H2,1-2H3,(H,18,19,23)/t12-/m0/s1. The third kappa shape index (κ3) is 3.35. The highest BCUT2D eigenvalue weighted by Gasteiger charge is 2.35. The molecule has 1 aromatic heterocycles. The van der Waals surface area contributed by atoms with E-state index in [0.717, 1.165) is 11.3 Å². The topological polar surface area (TPSA) is 79.4 Å². The van der Waals surface area contributed by atoms with Crippen LogP contribution in [-0.2, 0) is 9.59 Å².